The number of halogens is 2. The van der Waals surface area contributed by atoms with E-state index < -0.39 is 16.8 Å². The smallest absolute Gasteiger partial charge is 0.258 e. The number of aromatic nitrogens is 2. The van der Waals surface area contributed by atoms with E-state index in [0.29, 0.717) is 54.5 Å². The molecule has 1 unspecified atom stereocenters. The van der Waals surface area contributed by atoms with Crippen molar-refractivity contribution in [3.8, 4) is 28.0 Å². The third-order valence-electron chi connectivity index (χ3n) is 5.72. The van der Waals surface area contributed by atoms with Gasteiger partial charge in [-0.1, -0.05) is 35.0 Å². The highest BCUT2D eigenvalue weighted by Crippen LogP contribution is 2.39. The zero-order valence-electron chi connectivity index (χ0n) is 19.1. The molecule has 7 nitrogen and oxygen atoms in total. The molecule has 1 atom stereocenters. The molecule has 0 aliphatic heterocycles. The normalized spacial score (nSPS) is 12.0. The Morgan fingerprint density at radius 2 is 1.89 bits per heavy atom. The lowest BCUT2D eigenvalue weighted by molar-refractivity contribution is 0.415. The number of hydrogen-bond donors (Lipinski definition) is 1. The third kappa shape index (κ3) is 4.38. The summed E-state index contributed by atoms with van der Waals surface area (Å²) >= 11 is 6.10. The molecular weight excluding hydrogens is 505 g/mol. The molecule has 10 heteroatoms. The first-order chi connectivity index (χ1) is 17.4. The van der Waals surface area contributed by atoms with E-state index >= 15 is 4.39 Å². The van der Waals surface area contributed by atoms with Crippen LogP contribution in [0.3, 0.4) is 0 Å². The predicted molar refractivity (Wildman–Crippen MR) is 138 cm³/mol. The molecule has 3 aromatic carbocycles. The maximum Gasteiger partial charge on any atom is 0.258 e. The summed E-state index contributed by atoms with van der Waals surface area (Å²) in [6, 6.07) is 16.3. The van der Waals surface area contributed by atoms with Gasteiger partial charge in [-0.25, -0.2) is 8.60 Å². The fraction of sp³-hybridized carbons (Fsp3) is 0.0769. The Morgan fingerprint density at radius 1 is 1.06 bits per heavy atom. The maximum absolute atomic E-state index is 15.4. The average molecular weight is 524 g/mol. The van der Waals surface area contributed by atoms with Crippen molar-refractivity contribution in [3.63, 3.8) is 0 Å². The molecular formula is C26H19ClFN3O4S. The monoisotopic (exact) mass is 523 g/mol. The first kappa shape index (κ1) is 23.8. The van der Waals surface area contributed by atoms with Gasteiger partial charge >= 0.3 is 0 Å². The van der Waals surface area contributed by atoms with Gasteiger partial charge in [0, 0.05) is 46.4 Å². The number of benzene rings is 3. The Balaban J connectivity index is 1.65. The first-order valence-electron chi connectivity index (χ1n) is 10.7. The van der Waals surface area contributed by atoms with Crippen LogP contribution in [0.1, 0.15) is 0 Å². The summed E-state index contributed by atoms with van der Waals surface area (Å²) in [5, 5.41) is 5.07. The van der Waals surface area contributed by atoms with E-state index in [1.54, 1.807) is 61.8 Å². The molecule has 0 bridgehead atoms. The second-order valence-electron chi connectivity index (χ2n) is 7.96. The van der Waals surface area contributed by atoms with Crippen LogP contribution in [0.2, 0.25) is 5.02 Å². The number of pyridine rings is 1. The van der Waals surface area contributed by atoms with E-state index in [0.717, 1.165) is 0 Å². The van der Waals surface area contributed by atoms with Crippen LogP contribution in [0.4, 0.5) is 10.2 Å². The number of methoxy groups -OCH3 is 1. The van der Waals surface area contributed by atoms with Crippen molar-refractivity contribution >= 4 is 39.2 Å². The molecule has 0 aliphatic rings. The Labute approximate surface area is 212 Å². The molecule has 0 fully saturated rings. The zero-order chi connectivity index (χ0) is 25.4. The minimum Gasteiger partial charge on any atom is -0.496 e. The Kier molecular flexibility index (Phi) is 6.34. The summed E-state index contributed by atoms with van der Waals surface area (Å²) in [6.45, 7) is 0. The van der Waals surface area contributed by atoms with Crippen LogP contribution in [-0.4, -0.2) is 21.0 Å². The van der Waals surface area contributed by atoms with Crippen LogP contribution in [0.25, 0.3) is 33.0 Å². The Morgan fingerprint density at radius 3 is 2.61 bits per heavy atom. The highest BCUT2D eigenvalue weighted by atomic mass is 35.5. The van der Waals surface area contributed by atoms with Crippen LogP contribution in [0, 0.1) is 5.82 Å². The van der Waals surface area contributed by atoms with Crippen LogP contribution in [0.5, 0.6) is 5.75 Å². The van der Waals surface area contributed by atoms with Crippen LogP contribution in [-0.2, 0) is 18.0 Å². The second kappa shape index (κ2) is 9.60. The van der Waals surface area contributed by atoms with Gasteiger partial charge in [0.1, 0.15) is 17.8 Å². The zero-order valence-corrected chi connectivity index (χ0v) is 20.7. The van der Waals surface area contributed by atoms with Crippen molar-refractivity contribution < 1.29 is 17.9 Å². The number of nitrogens with zero attached hydrogens (tertiary/aromatic N) is 2. The van der Waals surface area contributed by atoms with E-state index in [4.69, 9.17) is 20.9 Å². The number of aryl methyl sites for hydroxylation is 1. The second-order valence-corrected chi connectivity index (χ2v) is 9.61. The minimum absolute atomic E-state index is 0.288. The molecule has 1 N–H and O–H groups in total. The first-order valence-corrected chi connectivity index (χ1v) is 12.2. The van der Waals surface area contributed by atoms with Crippen LogP contribution in [0.15, 0.2) is 87.3 Å². The lowest BCUT2D eigenvalue weighted by atomic mass is 9.96. The molecule has 2 aromatic heterocycles. The van der Waals surface area contributed by atoms with Gasteiger partial charge in [-0.2, -0.15) is 0 Å². The van der Waals surface area contributed by atoms with Crippen molar-refractivity contribution in [2.45, 2.75) is 4.90 Å². The summed E-state index contributed by atoms with van der Waals surface area (Å²) in [6.07, 6.45) is 2.98. The molecule has 0 spiro atoms. The molecule has 182 valence electrons. The fourth-order valence-electron chi connectivity index (χ4n) is 4.01. The van der Waals surface area contributed by atoms with Gasteiger partial charge in [0.05, 0.1) is 12.0 Å². The Bertz CT molecular complexity index is 1690. The minimum atomic E-state index is -1.69. The van der Waals surface area contributed by atoms with Crippen molar-refractivity contribution in [1.29, 1.82) is 0 Å². The predicted octanol–water partition coefficient (Wildman–Crippen LogP) is 5.80. The van der Waals surface area contributed by atoms with Gasteiger partial charge in [-0.15, -0.1) is 0 Å². The lowest BCUT2D eigenvalue weighted by Gasteiger charge is -2.16. The maximum atomic E-state index is 15.4. The van der Waals surface area contributed by atoms with Gasteiger partial charge in [0.25, 0.3) is 5.56 Å². The number of nitrogens with one attached hydrogen (secondary N) is 1. The largest absolute Gasteiger partial charge is 0.496 e. The van der Waals surface area contributed by atoms with Gasteiger partial charge in [0.2, 0.25) is 0 Å². The van der Waals surface area contributed by atoms with E-state index in [1.807, 2.05) is 0 Å². The highest BCUT2D eigenvalue weighted by molar-refractivity contribution is 7.86. The fourth-order valence-corrected chi connectivity index (χ4v) is 5.03. The summed E-state index contributed by atoms with van der Waals surface area (Å²) < 4.78 is 42.6. The van der Waals surface area contributed by atoms with Gasteiger partial charge in [-0.3, -0.25) is 9.52 Å². The molecule has 0 saturated heterocycles. The standard InChI is InChI=1S/C26H19ClFN3O4S/c1-31-14-22(20-12-23(28)19(13-24(20)34-2)15-4-3-5-16(27)10-15)18-7-6-17(11-21(18)26(31)32)36(33)30-25-8-9-35-29-25/h3-14H,1-2H3,(H,29,30). The number of anilines is 1. The molecule has 0 aliphatic carbocycles. The number of rotatable bonds is 6. The Hall–Kier alpha value is -3.95. The quantitative estimate of drug-likeness (QED) is 0.304. The van der Waals surface area contributed by atoms with Crippen LogP contribution >= 0.6 is 11.6 Å². The summed E-state index contributed by atoms with van der Waals surface area (Å²) in [7, 11) is 1.42. The summed E-state index contributed by atoms with van der Waals surface area (Å²) in [4.78, 5) is 13.4. The van der Waals surface area contributed by atoms with Gasteiger partial charge in [-0.05, 0) is 47.3 Å². The van der Waals surface area contributed by atoms with Crippen molar-refractivity contribution in [2.24, 2.45) is 7.05 Å². The topological polar surface area (TPSA) is 86.4 Å². The number of fused-ring (bicyclic) bond motifs is 1. The molecule has 0 radical (unpaired) electrons. The van der Waals surface area contributed by atoms with Gasteiger partial charge in [0.15, 0.2) is 16.8 Å². The molecule has 0 saturated carbocycles. The van der Waals surface area contributed by atoms with Crippen molar-refractivity contribution in [1.82, 2.24) is 9.72 Å². The molecule has 2 heterocycles. The molecule has 5 rings (SSSR count). The van der Waals surface area contributed by atoms with Crippen molar-refractivity contribution in [3.05, 3.63) is 94.3 Å². The third-order valence-corrected chi connectivity index (χ3v) is 7.03. The summed E-state index contributed by atoms with van der Waals surface area (Å²) in [5.74, 6) is 0.256. The summed E-state index contributed by atoms with van der Waals surface area (Å²) in [5.41, 5.74) is 1.72. The van der Waals surface area contributed by atoms with Crippen molar-refractivity contribution in [2.75, 3.05) is 11.8 Å². The van der Waals surface area contributed by atoms with E-state index in [1.165, 1.54) is 30.1 Å². The highest BCUT2D eigenvalue weighted by Gasteiger charge is 2.19. The number of ether oxygens (including phenoxy) is 1. The van der Waals surface area contributed by atoms with Gasteiger partial charge < -0.3 is 13.8 Å². The molecule has 36 heavy (non-hydrogen) atoms. The number of hydrogen-bond acceptors (Lipinski definition) is 5. The average Bonchev–Trinajstić information content (AvgIpc) is 3.39. The SMILES string of the molecule is COc1cc(-c2cccc(Cl)c2)c(F)cc1-c1cn(C)c(=O)c2cc(S(=O)Nc3ccon3)ccc12. The van der Waals surface area contributed by atoms with Crippen LogP contribution < -0.4 is 15.0 Å². The molecule has 0 amide bonds. The molecule has 5 aromatic rings. The van der Waals surface area contributed by atoms with E-state index in [9.17, 15) is 9.00 Å². The lowest BCUT2D eigenvalue weighted by Crippen LogP contribution is -2.17. The van der Waals surface area contributed by atoms with E-state index in [-0.39, 0.29) is 5.56 Å². The van der Waals surface area contributed by atoms with E-state index in [2.05, 4.69) is 9.88 Å².